The van der Waals surface area contributed by atoms with Crippen molar-refractivity contribution in [3.63, 3.8) is 0 Å². The maximum Gasteiger partial charge on any atom is 1.00 e. The molecule has 1 atom stereocenters. The van der Waals surface area contributed by atoms with Crippen molar-refractivity contribution in [2.45, 2.75) is 51.6 Å². The van der Waals surface area contributed by atoms with Crippen LogP contribution in [-0.4, -0.2) is 17.7 Å². The van der Waals surface area contributed by atoms with Crippen LogP contribution in [0.1, 0.15) is 51.6 Å². The molecule has 0 bridgehead atoms. The van der Waals surface area contributed by atoms with Gasteiger partial charge in [0.2, 0.25) is 5.69 Å². The third-order valence-electron chi connectivity index (χ3n) is 4.78. The van der Waals surface area contributed by atoms with E-state index in [-0.39, 0.29) is 24.6 Å². The first-order chi connectivity index (χ1) is 14.0. The van der Waals surface area contributed by atoms with Crippen molar-refractivity contribution in [3.8, 4) is 11.1 Å². The minimum atomic E-state index is -1.26. The average Bonchev–Trinajstić information content (AvgIpc) is 3.44. The van der Waals surface area contributed by atoms with Crippen molar-refractivity contribution in [2.24, 2.45) is 5.92 Å². The van der Waals surface area contributed by atoms with Gasteiger partial charge >= 0.3 is 25.0 Å². The van der Waals surface area contributed by atoms with Crippen LogP contribution in [0.25, 0.3) is 11.1 Å². The number of nitrogens with one attached hydrogen (secondary N) is 1. The Labute approximate surface area is 198 Å². The molecule has 0 spiro atoms. The molecular formula is C22H24ClLiN2O5. The second kappa shape index (κ2) is 9.95. The molecule has 1 aromatic carbocycles. The molecule has 1 aliphatic rings. The number of carboxylic acid groups (broad SMARTS) is 1. The molecule has 31 heavy (non-hydrogen) atoms. The average molecular weight is 439 g/mol. The van der Waals surface area contributed by atoms with E-state index in [1.165, 1.54) is 12.3 Å². The molecule has 1 fully saturated rings. The monoisotopic (exact) mass is 438 g/mol. The fraction of sp³-hybridized carbons (Fsp3) is 0.409. The number of benzene rings is 1. The third kappa shape index (κ3) is 6.90. The number of carbonyl (C=O) groups excluding carboxylic acids is 2. The molecule has 1 aliphatic carbocycles. The van der Waals surface area contributed by atoms with Crippen molar-refractivity contribution in [3.05, 3.63) is 52.5 Å². The summed E-state index contributed by atoms with van der Waals surface area (Å²) in [5.74, 6) is -1.89. The predicted molar refractivity (Wildman–Crippen MR) is 111 cm³/mol. The number of aliphatic carboxylic acids is 1. The molecule has 0 radical (unpaired) electrons. The molecule has 0 saturated heterocycles. The van der Waals surface area contributed by atoms with Crippen LogP contribution in [-0.2, 0) is 9.53 Å². The van der Waals surface area contributed by atoms with Crippen LogP contribution >= 0.6 is 11.6 Å². The van der Waals surface area contributed by atoms with Gasteiger partial charge in [0.15, 0.2) is 6.20 Å². The van der Waals surface area contributed by atoms with Gasteiger partial charge in [-0.1, -0.05) is 24.4 Å². The Morgan fingerprint density at radius 2 is 1.94 bits per heavy atom. The first-order valence-electron chi connectivity index (χ1n) is 9.77. The SMILES string of the molecule is CC(C)(C)OC(=O)Nc1ccc(Cl)cc1-c1ccc(C(CC2CC2)C(=O)[O-])[n+]([O-])c1.[Li+]. The quantitative estimate of drug-likeness (QED) is 0.404. The zero-order valence-electron chi connectivity index (χ0n) is 18.1. The second-order valence-electron chi connectivity index (χ2n) is 8.54. The summed E-state index contributed by atoms with van der Waals surface area (Å²) in [6, 6.07) is 7.96. The molecule has 1 heterocycles. The van der Waals surface area contributed by atoms with Crippen LogP contribution in [0.5, 0.6) is 0 Å². The zero-order chi connectivity index (χ0) is 22.1. The summed E-state index contributed by atoms with van der Waals surface area (Å²) < 4.78 is 5.84. The van der Waals surface area contributed by atoms with Crippen LogP contribution < -0.4 is 34.0 Å². The fourth-order valence-electron chi connectivity index (χ4n) is 3.22. The van der Waals surface area contributed by atoms with Gasteiger partial charge in [-0.2, -0.15) is 4.73 Å². The molecule has 7 nitrogen and oxygen atoms in total. The number of pyridine rings is 1. The number of hydrogen-bond acceptors (Lipinski definition) is 5. The fourth-order valence-corrected chi connectivity index (χ4v) is 3.40. The van der Waals surface area contributed by atoms with Crippen LogP contribution in [0.3, 0.4) is 0 Å². The molecule has 1 aromatic heterocycles. The Balaban J connectivity index is 0.00000341. The smallest absolute Gasteiger partial charge is 0.618 e. The first-order valence-corrected chi connectivity index (χ1v) is 10.1. The molecule has 1 unspecified atom stereocenters. The topological polar surface area (TPSA) is 105 Å². The largest absolute Gasteiger partial charge is 1.00 e. The number of carbonyl (C=O) groups is 2. The van der Waals surface area contributed by atoms with Gasteiger partial charge in [-0.05, 0) is 57.4 Å². The predicted octanol–water partition coefficient (Wildman–Crippen LogP) is 0.625. The van der Waals surface area contributed by atoms with Crippen molar-refractivity contribution in [2.75, 3.05) is 5.32 Å². The number of carboxylic acids is 1. The number of anilines is 1. The standard InChI is InChI=1S/C22H25ClN2O5.Li/c1-22(2,3)30-21(28)24-18-8-7-15(23)11-16(18)14-6-9-19(25(29)12-14)17(20(26)27)10-13-4-5-13;/h6-9,11-13,17H,4-5,10H2,1-3H3,(H,24,28)(H,26,27);/q;+1/p-1. The van der Waals surface area contributed by atoms with E-state index in [9.17, 15) is 19.9 Å². The summed E-state index contributed by atoms with van der Waals surface area (Å²) in [7, 11) is 0. The number of nitrogens with zero attached hydrogens (tertiary/aromatic N) is 1. The molecule has 1 amide bonds. The van der Waals surface area contributed by atoms with Gasteiger partial charge in [-0.3, -0.25) is 5.32 Å². The molecular weight excluding hydrogens is 415 g/mol. The Kier molecular flexibility index (Phi) is 8.04. The van der Waals surface area contributed by atoms with Gasteiger partial charge in [0.1, 0.15) is 5.60 Å². The van der Waals surface area contributed by atoms with Gasteiger partial charge in [-0.25, -0.2) is 4.79 Å². The molecule has 1 saturated carbocycles. The van der Waals surface area contributed by atoms with Gasteiger partial charge in [-0.15, -0.1) is 0 Å². The van der Waals surface area contributed by atoms with E-state index in [0.717, 1.165) is 12.8 Å². The molecule has 1 N–H and O–H groups in total. The summed E-state index contributed by atoms with van der Waals surface area (Å²) in [6.45, 7) is 5.26. The van der Waals surface area contributed by atoms with E-state index in [4.69, 9.17) is 16.3 Å². The van der Waals surface area contributed by atoms with Crippen LogP contribution in [0.4, 0.5) is 10.5 Å². The minimum absolute atomic E-state index is 0. The summed E-state index contributed by atoms with van der Waals surface area (Å²) in [6.07, 6.45) is 2.99. The maximum atomic E-state index is 12.6. The first kappa shape index (κ1) is 25.1. The normalized spacial score (nSPS) is 14.3. The van der Waals surface area contributed by atoms with E-state index in [0.29, 0.717) is 38.9 Å². The van der Waals surface area contributed by atoms with Crippen LogP contribution in [0, 0.1) is 11.1 Å². The van der Waals surface area contributed by atoms with E-state index in [2.05, 4.69) is 5.32 Å². The van der Waals surface area contributed by atoms with Crippen molar-refractivity contribution >= 4 is 29.4 Å². The number of ether oxygens (including phenoxy) is 1. The van der Waals surface area contributed by atoms with Crippen LogP contribution in [0.15, 0.2) is 36.5 Å². The molecule has 0 aliphatic heterocycles. The second-order valence-corrected chi connectivity index (χ2v) is 8.97. The summed E-state index contributed by atoms with van der Waals surface area (Å²) in [5, 5.41) is 27.3. The summed E-state index contributed by atoms with van der Waals surface area (Å²) >= 11 is 6.12. The van der Waals surface area contributed by atoms with Gasteiger partial charge in [0.25, 0.3) is 0 Å². The number of rotatable bonds is 6. The van der Waals surface area contributed by atoms with Crippen LogP contribution in [0.2, 0.25) is 5.02 Å². The Morgan fingerprint density at radius 1 is 1.26 bits per heavy atom. The number of aromatic nitrogens is 1. The van der Waals surface area contributed by atoms with E-state index >= 15 is 0 Å². The Hall–Kier alpha value is -2.20. The summed E-state index contributed by atoms with van der Waals surface area (Å²) in [5.41, 5.74) is 0.866. The maximum absolute atomic E-state index is 12.6. The third-order valence-corrected chi connectivity index (χ3v) is 5.02. The van der Waals surface area contributed by atoms with Gasteiger partial charge < -0.3 is 19.8 Å². The molecule has 9 heteroatoms. The molecule has 3 rings (SSSR count). The minimum Gasteiger partial charge on any atom is -0.618 e. The van der Waals surface area contributed by atoms with E-state index in [1.807, 2.05) is 0 Å². The van der Waals surface area contributed by atoms with E-state index in [1.54, 1.807) is 45.0 Å². The summed E-state index contributed by atoms with van der Waals surface area (Å²) in [4.78, 5) is 23.7. The number of hydrogen-bond donors (Lipinski definition) is 1. The zero-order valence-corrected chi connectivity index (χ0v) is 18.9. The van der Waals surface area contributed by atoms with Crippen molar-refractivity contribution < 1.29 is 43.0 Å². The van der Waals surface area contributed by atoms with E-state index < -0.39 is 23.6 Å². The van der Waals surface area contributed by atoms with Gasteiger partial charge in [0.05, 0.1) is 17.6 Å². The van der Waals surface area contributed by atoms with Crippen molar-refractivity contribution in [1.29, 1.82) is 0 Å². The number of halogens is 1. The molecule has 160 valence electrons. The molecule has 2 aromatic rings. The van der Waals surface area contributed by atoms with Crippen molar-refractivity contribution in [1.82, 2.24) is 0 Å². The number of amides is 1. The Bertz CT molecular complexity index is 973. The van der Waals surface area contributed by atoms with Gasteiger partial charge in [0, 0.05) is 22.2 Å². The Morgan fingerprint density at radius 3 is 2.48 bits per heavy atom.